The van der Waals surface area contributed by atoms with E-state index in [0.29, 0.717) is 30.5 Å². The lowest BCUT2D eigenvalue weighted by Crippen LogP contribution is -2.52. The number of imide groups is 1. The van der Waals surface area contributed by atoms with Gasteiger partial charge in [0.15, 0.2) is 0 Å². The number of rotatable bonds is 6. The summed E-state index contributed by atoms with van der Waals surface area (Å²) in [4.78, 5) is 41.3. The SMILES string of the molecule is CC(C)CCN(c1cccc2c1CN(C1CCC(=O)NC1=O)C2=O)C1CCC(N)CC1.Cl. The van der Waals surface area contributed by atoms with Gasteiger partial charge in [-0.1, -0.05) is 19.9 Å². The highest BCUT2D eigenvalue weighted by molar-refractivity contribution is 6.06. The van der Waals surface area contributed by atoms with E-state index in [1.54, 1.807) is 4.90 Å². The second-order valence-corrected chi connectivity index (χ2v) is 9.65. The first-order chi connectivity index (χ1) is 14.8. The topological polar surface area (TPSA) is 95.7 Å². The highest BCUT2D eigenvalue weighted by Crippen LogP contribution is 2.37. The monoisotopic (exact) mass is 462 g/mol. The lowest BCUT2D eigenvalue weighted by molar-refractivity contribution is -0.136. The zero-order chi connectivity index (χ0) is 22.1. The molecule has 2 fully saturated rings. The number of anilines is 1. The van der Waals surface area contributed by atoms with E-state index in [0.717, 1.165) is 49.9 Å². The fraction of sp³-hybridized carbons (Fsp3) is 0.625. The normalized spacial score (nSPS) is 25.4. The third kappa shape index (κ3) is 4.94. The first-order valence-electron chi connectivity index (χ1n) is 11.6. The Morgan fingerprint density at radius 1 is 1.12 bits per heavy atom. The number of piperidine rings is 1. The molecule has 2 heterocycles. The zero-order valence-corrected chi connectivity index (χ0v) is 19.8. The van der Waals surface area contributed by atoms with Gasteiger partial charge >= 0.3 is 0 Å². The molecule has 32 heavy (non-hydrogen) atoms. The Hall–Kier alpha value is -2.12. The number of benzene rings is 1. The van der Waals surface area contributed by atoms with Gasteiger partial charge in [-0.25, -0.2) is 0 Å². The van der Waals surface area contributed by atoms with Crippen LogP contribution in [0.4, 0.5) is 5.69 Å². The number of nitrogens with zero attached hydrogens (tertiary/aromatic N) is 2. The van der Waals surface area contributed by atoms with Gasteiger partial charge in [-0.3, -0.25) is 19.7 Å². The smallest absolute Gasteiger partial charge is 0.255 e. The summed E-state index contributed by atoms with van der Waals surface area (Å²) < 4.78 is 0. The molecular weight excluding hydrogens is 428 g/mol. The average molecular weight is 463 g/mol. The minimum atomic E-state index is -0.581. The third-order valence-electron chi connectivity index (χ3n) is 7.00. The summed E-state index contributed by atoms with van der Waals surface area (Å²) >= 11 is 0. The van der Waals surface area contributed by atoms with Crippen LogP contribution in [0.1, 0.15) is 74.7 Å². The van der Waals surface area contributed by atoms with Crippen LogP contribution in [-0.2, 0) is 16.1 Å². The van der Waals surface area contributed by atoms with Crippen LogP contribution in [0.2, 0.25) is 0 Å². The third-order valence-corrected chi connectivity index (χ3v) is 7.00. The van der Waals surface area contributed by atoms with Gasteiger partial charge < -0.3 is 15.5 Å². The first kappa shape index (κ1) is 24.5. The Balaban J connectivity index is 0.00000289. The van der Waals surface area contributed by atoms with Crippen LogP contribution in [0.5, 0.6) is 0 Å². The molecule has 0 radical (unpaired) electrons. The lowest BCUT2D eigenvalue weighted by Gasteiger charge is -2.39. The molecule has 1 saturated heterocycles. The zero-order valence-electron chi connectivity index (χ0n) is 19.0. The fourth-order valence-electron chi connectivity index (χ4n) is 5.15. The summed E-state index contributed by atoms with van der Waals surface area (Å²) in [6.45, 7) is 5.83. The van der Waals surface area contributed by atoms with Gasteiger partial charge in [-0.2, -0.15) is 0 Å². The second-order valence-electron chi connectivity index (χ2n) is 9.65. The van der Waals surface area contributed by atoms with Crippen molar-refractivity contribution in [2.24, 2.45) is 11.7 Å². The van der Waals surface area contributed by atoms with Crippen molar-refractivity contribution in [3.8, 4) is 0 Å². The number of carbonyl (C=O) groups excluding carboxylic acids is 3. The molecule has 3 aliphatic rings. The number of hydrogen-bond acceptors (Lipinski definition) is 5. The van der Waals surface area contributed by atoms with Gasteiger partial charge in [-0.05, 0) is 56.6 Å². The summed E-state index contributed by atoms with van der Waals surface area (Å²) in [5, 5.41) is 2.39. The second kappa shape index (κ2) is 10.2. The maximum absolute atomic E-state index is 13.2. The number of amides is 3. The maximum Gasteiger partial charge on any atom is 0.255 e. The Bertz CT molecular complexity index is 867. The van der Waals surface area contributed by atoms with Crippen LogP contribution in [0.15, 0.2) is 18.2 Å². The molecule has 4 rings (SSSR count). The fourth-order valence-corrected chi connectivity index (χ4v) is 5.15. The van der Waals surface area contributed by atoms with Crippen molar-refractivity contribution in [3.05, 3.63) is 29.3 Å². The highest BCUT2D eigenvalue weighted by atomic mass is 35.5. The van der Waals surface area contributed by atoms with Crippen molar-refractivity contribution in [1.82, 2.24) is 10.2 Å². The van der Waals surface area contributed by atoms with Crippen LogP contribution in [0, 0.1) is 5.92 Å². The van der Waals surface area contributed by atoms with Gasteiger partial charge in [0.05, 0.1) is 0 Å². The molecule has 3 N–H and O–H groups in total. The number of nitrogens with one attached hydrogen (secondary N) is 1. The lowest BCUT2D eigenvalue weighted by atomic mass is 9.89. The van der Waals surface area contributed by atoms with E-state index in [2.05, 4.69) is 30.1 Å². The molecule has 0 aromatic heterocycles. The van der Waals surface area contributed by atoms with E-state index in [4.69, 9.17) is 5.73 Å². The van der Waals surface area contributed by atoms with Gasteiger partial charge in [0.25, 0.3) is 5.91 Å². The Morgan fingerprint density at radius 2 is 1.84 bits per heavy atom. The molecule has 7 nitrogen and oxygen atoms in total. The van der Waals surface area contributed by atoms with E-state index in [9.17, 15) is 14.4 Å². The Kier molecular flexibility index (Phi) is 7.83. The van der Waals surface area contributed by atoms with Crippen molar-refractivity contribution in [2.45, 2.75) is 83.5 Å². The Labute approximate surface area is 196 Å². The molecule has 1 atom stereocenters. The molecule has 3 amide bonds. The van der Waals surface area contributed by atoms with E-state index < -0.39 is 6.04 Å². The van der Waals surface area contributed by atoms with Crippen molar-refractivity contribution < 1.29 is 14.4 Å². The number of hydrogen-bond donors (Lipinski definition) is 2. The molecule has 0 bridgehead atoms. The van der Waals surface area contributed by atoms with Gasteiger partial charge in [0.2, 0.25) is 11.8 Å². The van der Waals surface area contributed by atoms with Gasteiger partial charge in [0, 0.05) is 48.4 Å². The van der Waals surface area contributed by atoms with Crippen molar-refractivity contribution in [1.29, 1.82) is 0 Å². The number of carbonyl (C=O) groups is 3. The molecule has 1 saturated carbocycles. The summed E-state index contributed by atoms with van der Waals surface area (Å²) in [6, 6.07) is 6.07. The van der Waals surface area contributed by atoms with Crippen molar-refractivity contribution in [3.63, 3.8) is 0 Å². The number of nitrogens with two attached hydrogens (primary N) is 1. The van der Waals surface area contributed by atoms with Crippen LogP contribution < -0.4 is 16.0 Å². The first-order valence-corrected chi connectivity index (χ1v) is 11.6. The predicted molar refractivity (Wildman–Crippen MR) is 127 cm³/mol. The van der Waals surface area contributed by atoms with Crippen LogP contribution in [-0.4, -0.2) is 47.3 Å². The number of halogens is 1. The van der Waals surface area contributed by atoms with E-state index in [1.165, 1.54) is 0 Å². The molecule has 2 aliphatic heterocycles. The minimum Gasteiger partial charge on any atom is -0.368 e. The van der Waals surface area contributed by atoms with Crippen LogP contribution >= 0.6 is 12.4 Å². The summed E-state index contributed by atoms with van der Waals surface area (Å²) in [5.74, 6) is -0.147. The van der Waals surface area contributed by atoms with Crippen molar-refractivity contribution in [2.75, 3.05) is 11.4 Å². The molecule has 0 spiro atoms. The van der Waals surface area contributed by atoms with E-state index in [1.807, 2.05) is 12.1 Å². The van der Waals surface area contributed by atoms with Crippen LogP contribution in [0.3, 0.4) is 0 Å². The molecule has 1 aliphatic carbocycles. The standard InChI is InChI=1S/C24H34N4O3.ClH/c1-15(2)12-13-27(17-8-6-16(25)7-9-17)20-5-3-4-18-19(20)14-28(24(18)31)21-10-11-22(29)26-23(21)30;/h3-5,15-17,21H,6-14,25H2,1-2H3,(H,26,29,30);1H. The summed E-state index contributed by atoms with van der Waals surface area (Å²) in [7, 11) is 0. The quantitative estimate of drug-likeness (QED) is 0.633. The molecule has 1 unspecified atom stereocenters. The molecule has 1 aromatic carbocycles. The van der Waals surface area contributed by atoms with Crippen molar-refractivity contribution >= 4 is 35.8 Å². The Morgan fingerprint density at radius 3 is 2.50 bits per heavy atom. The summed E-state index contributed by atoms with van der Waals surface area (Å²) in [6.07, 6.45) is 5.92. The maximum atomic E-state index is 13.2. The molecule has 176 valence electrons. The van der Waals surface area contributed by atoms with E-state index in [-0.39, 0.29) is 42.6 Å². The number of fused-ring (bicyclic) bond motifs is 1. The minimum absolute atomic E-state index is 0. The van der Waals surface area contributed by atoms with Crippen LogP contribution in [0.25, 0.3) is 0 Å². The van der Waals surface area contributed by atoms with Gasteiger partial charge in [-0.15, -0.1) is 12.4 Å². The largest absolute Gasteiger partial charge is 0.368 e. The average Bonchev–Trinajstić information content (AvgIpc) is 3.06. The van der Waals surface area contributed by atoms with E-state index >= 15 is 0 Å². The predicted octanol–water partition coefficient (Wildman–Crippen LogP) is 2.99. The molecular formula is C24H35ClN4O3. The highest BCUT2D eigenvalue weighted by Gasteiger charge is 2.40. The summed E-state index contributed by atoms with van der Waals surface area (Å²) in [5.41, 5.74) is 8.97. The van der Waals surface area contributed by atoms with Gasteiger partial charge in [0.1, 0.15) is 6.04 Å². The molecule has 1 aromatic rings. The molecule has 8 heteroatoms.